The molecule has 0 fully saturated rings. The van der Waals surface area contributed by atoms with E-state index in [-0.39, 0.29) is 58.4 Å². The molecule has 4 aromatic carbocycles. The smallest absolute Gasteiger partial charge is 0.261 e. The summed E-state index contributed by atoms with van der Waals surface area (Å²) in [5.74, 6) is -2.50. The number of Topliss-reactive ketones (excluding diaryl/α,β-unsaturated/α-hetero) is 2. The van der Waals surface area contributed by atoms with Gasteiger partial charge in [-0.1, -0.05) is 60.7 Å². The Bertz CT molecular complexity index is 2350. The number of allylic oxidation sites excluding steroid dienone is 2. The Morgan fingerprint density at radius 2 is 0.870 bits per heavy atom. The Morgan fingerprint density at radius 1 is 0.500 bits per heavy atom. The maximum absolute atomic E-state index is 13.3. The van der Waals surface area contributed by atoms with Gasteiger partial charge in [0.05, 0.1) is 22.5 Å². The molecule has 4 aliphatic rings. The Hall–Kier alpha value is -7.34. The van der Waals surface area contributed by atoms with E-state index in [9.17, 15) is 28.8 Å². The lowest BCUT2D eigenvalue weighted by molar-refractivity contribution is -0.123. The summed E-state index contributed by atoms with van der Waals surface area (Å²) < 4.78 is 0. The fourth-order valence-corrected chi connectivity index (χ4v) is 6.87. The van der Waals surface area contributed by atoms with Gasteiger partial charge in [0, 0.05) is 46.5 Å². The van der Waals surface area contributed by atoms with Gasteiger partial charge < -0.3 is 0 Å². The van der Waals surface area contributed by atoms with Crippen LogP contribution in [0.2, 0.25) is 0 Å². The summed E-state index contributed by atoms with van der Waals surface area (Å²) in [4.78, 5) is 80.7. The van der Waals surface area contributed by atoms with Crippen LogP contribution in [-0.2, 0) is 9.59 Å². The van der Waals surface area contributed by atoms with Crippen molar-refractivity contribution in [3.8, 4) is 0 Å². The molecule has 0 saturated heterocycles. The van der Waals surface area contributed by atoms with Crippen molar-refractivity contribution in [1.29, 1.82) is 0 Å². The molecule has 0 spiro atoms. The molecule has 2 heterocycles. The second-order valence-electron chi connectivity index (χ2n) is 12.7. The van der Waals surface area contributed by atoms with Crippen LogP contribution in [0.5, 0.6) is 0 Å². The maximum atomic E-state index is 13.3. The topological polar surface area (TPSA) is 158 Å². The minimum Gasteiger partial charge on any atom is -0.287 e. The van der Waals surface area contributed by atoms with E-state index >= 15 is 0 Å². The molecule has 0 aromatic heterocycles. The number of hydrogen-bond acceptors (Lipinski definition) is 10. The molecule has 264 valence electrons. The van der Waals surface area contributed by atoms with Crippen LogP contribution in [0, 0.1) is 0 Å². The molecule has 0 radical (unpaired) electrons. The van der Waals surface area contributed by atoms with Gasteiger partial charge in [-0.25, -0.2) is 0 Å². The number of benzene rings is 4. The van der Waals surface area contributed by atoms with Gasteiger partial charge in [0.25, 0.3) is 23.6 Å². The fourth-order valence-electron chi connectivity index (χ4n) is 6.87. The number of imide groups is 2. The SMILES string of the molecule is CCN1C(=O)C2=CC(=NNc3ccc(C=Cc4ccc(NN=C5C=C6C(=O)N(CC)C(=O)c7cccc(c76)C5=O)cc4)cc3)C(=O)c3cccc(c32)C1=O. The van der Waals surface area contributed by atoms with Crippen LogP contribution in [0.4, 0.5) is 11.4 Å². The van der Waals surface area contributed by atoms with Gasteiger partial charge in [-0.2, -0.15) is 10.2 Å². The number of rotatable bonds is 8. The van der Waals surface area contributed by atoms with E-state index in [4.69, 9.17) is 0 Å². The number of nitrogens with one attached hydrogen (secondary N) is 2. The summed E-state index contributed by atoms with van der Waals surface area (Å²) in [6.07, 6.45) is 6.74. The second kappa shape index (κ2) is 13.3. The van der Waals surface area contributed by atoms with Crippen LogP contribution < -0.4 is 10.9 Å². The molecular formula is C42H30N6O6. The summed E-state index contributed by atoms with van der Waals surface area (Å²) in [5.41, 5.74) is 11.5. The molecular weight excluding hydrogens is 684 g/mol. The molecule has 2 N–H and O–H groups in total. The zero-order valence-corrected chi connectivity index (χ0v) is 29.0. The molecule has 2 aliphatic carbocycles. The minimum absolute atomic E-state index is 0.0633. The molecule has 4 aromatic rings. The van der Waals surface area contributed by atoms with Gasteiger partial charge in [0.2, 0.25) is 11.6 Å². The molecule has 0 bridgehead atoms. The molecule has 54 heavy (non-hydrogen) atoms. The van der Waals surface area contributed by atoms with Crippen LogP contribution in [0.25, 0.3) is 23.3 Å². The number of amides is 4. The van der Waals surface area contributed by atoms with E-state index in [1.165, 1.54) is 12.2 Å². The van der Waals surface area contributed by atoms with Gasteiger partial charge in [-0.3, -0.25) is 49.4 Å². The zero-order valence-electron chi connectivity index (χ0n) is 29.0. The van der Waals surface area contributed by atoms with E-state index in [1.54, 1.807) is 50.2 Å². The number of anilines is 2. The third-order valence-electron chi connectivity index (χ3n) is 9.62. The van der Waals surface area contributed by atoms with Crippen molar-refractivity contribution in [3.05, 3.63) is 142 Å². The van der Waals surface area contributed by atoms with Crippen molar-refractivity contribution in [1.82, 2.24) is 9.80 Å². The predicted molar refractivity (Wildman–Crippen MR) is 205 cm³/mol. The maximum Gasteiger partial charge on any atom is 0.261 e. The monoisotopic (exact) mass is 714 g/mol. The van der Waals surface area contributed by atoms with Gasteiger partial charge in [-0.05, 0) is 73.5 Å². The van der Waals surface area contributed by atoms with Gasteiger partial charge in [0.1, 0.15) is 11.4 Å². The van der Waals surface area contributed by atoms with E-state index in [0.29, 0.717) is 33.6 Å². The average Bonchev–Trinajstić information content (AvgIpc) is 3.19. The normalized spacial score (nSPS) is 17.6. The number of carbonyl (C=O) groups excluding carboxylic acids is 6. The number of hydrogen-bond donors (Lipinski definition) is 2. The lowest BCUT2D eigenvalue weighted by atomic mass is 9.82. The van der Waals surface area contributed by atoms with E-state index in [2.05, 4.69) is 21.1 Å². The van der Waals surface area contributed by atoms with Crippen molar-refractivity contribution in [3.63, 3.8) is 0 Å². The first-order valence-corrected chi connectivity index (χ1v) is 17.3. The first kappa shape index (κ1) is 33.8. The van der Waals surface area contributed by atoms with Crippen molar-refractivity contribution in [2.45, 2.75) is 13.8 Å². The third kappa shape index (κ3) is 5.57. The largest absolute Gasteiger partial charge is 0.287 e. The molecule has 4 amide bonds. The van der Waals surface area contributed by atoms with Gasteiger partial charge in [-0.15, -0.1) is 0 Å². The fraction of sp³-hybridized carbons (Fsp3) is 0.0952. The first-order chi connectivity index (χ1) is 26.2. The van der Waals surface area contributed by atoms with Crippen molar-refractivity contribution < 1.29 is 28.8 Å². The molecule has 0 saturated carbocycles. The summed E-state index contributed by atoms with van der Waals surface area (Å²) in [7, 11) is 0. The number of hydrazone groups is 2. The summed E-state index contributed by atoms with van der Waals surface area (Å²) in [6.45, 7) is 3.87. The molecule has 8 rings (SSSR count). The van der Waals surface area contributed by atoms with Crippen LogP contribution in [0.1, 0.15) is 77.5 Å². The highest BCUT2D eigenvalue weighted by Gasteiger charge is 2.41. The Morgan fingerprint density at radius 3 is 1.24 bits per heavy atom. The lowest BCUT2D eigenvalue weighted by Gasteiger charge is -2.30. The molecule has 12 heteroatoms. The number of nitrogens with zero attached hydrogens (tertiary/aromatic N) is 4. The number of carbonyl (C=O) groups is 6. The van der Waals surface area contributed by atoms with Crippen molar-refractivity contribution >= 4 is 81.3 Å². The van der Waals surface area contributed by atoms with Crippen molar-refractivity contribution in [2.75, 3.05) is 23.9 Å². The van der Waals surface area contributed by atoms with Gasteiger partial charge >= 0.3 is 0 Å². The van der Waals surface area contributed by atoms with Crippen LogP contribution >= 0.6 is 0 Å². The van der Waals surface area contributed by atoms with E-state index in [1.807, 2.05) is 60.7 Å². The summed E-state index contributed by atoms with van der Waals surface area (Å²) in [6, 6.07) is 24.5. The lowest BCUT2D eigenvalue weighted by Crippen LogP contribution is -2.43. The van der Waals surface area contributed by atoms with Crippen molar-refractivity contribution in [2.24, 2.45) is 10.2 Å². The first-order valence-electron chi connectivity index (χ1n) is 17.3. The van der Waals surface area contributed by atoms with Crippen LogP contribution in [-0.4, -0.2) is 69.5 Å². The Labute approximate surface area is 308 Å². The second-order valence-corrected chi connectivity index (χ2v) is 12.7. The Balaban J connectivity index is 0.931. The summed E-state index contributed by atoms with van der Waals surface area (Å²) in [5, 5.41) is 8.62. The van der Waals surface area contributed by atoms with E-state index in [0.717, 1.165) is 20.9 Å². The predicted octanol–water partition coefficient (Wildman–Crippen LogP) is 5.96. The highest BCUT2D eigenvalue weighted by atomic mass is 16.2. The quantitative estimate of drug-likeness (QED) is 0.129. The number of ketones is 2. The van der Waals surface area contributed by atoms with E-state index < -0.39 is 23.6 Å². The number of likely N-dealkylation sites (N-methyl/N-ethyl adjacent to an activating group) is 2. The molecule has 12 nitrogen and oxygen atoms in total. The summed E-state index contributed by atoms with van der Waals surface area (Å²) >= 11 is 0. The minimum atomic E-state index is -0.455. The molecule has 2 aliphatic heterocycles. The average molecular weight is 715 g/mol. The van der Waals surface area contributed by atoms with Gasteiger partial charge in [0.15, 0.2) is 0 Å². The highest BCUT2D eigenvalue weighted by Crippen LogP contribution is 2.36. The molecule has 0 atom stereocenters. The molecule has 0 unspecified atom stereocenters. The standard InChI is InChI=1S/C42H30N6O6/c1-3-47-39(51)29-9-5-7-27-35(29)31(41(47)53)21-33(37(27)49)45-43-25-17-13-23(14-18-25)11-12-24-15-19-26(20-16-24)44-46-34-22-32-36-28(38(34)50)8-6-10-30(36)40(52)48(4-2)42(32)54/h5-22,43-44H,3-4H2,1-2H3. The highest BCUT2D eigenvalue weighted by molar-refractivity contribution is 6.57. The van der Waals surface area contributed by atoms with Crippen LogP contribution in [0.15, 0.2) is 107 Å². The zero-order chi connectivity index (χ0) is 37.7. The Kier molecular flexibility index (Phi) is 8.34. The van der Waals surface area contributed by atoms with Crippen LogP contribution in [0.3, 0.4) is 0 Å². The third-order valence-corrected chi connectivity index (χ3v) is 9.62.